The molecule has 3 nitrogen and oxygen atoms in total. The summed E-state index contributed by atoms with van der Waals surface area (Å²) in [6.45, 7) is 13.8. The van der Waals surface area contributed by atoms with Gasteiger partial charge >= 0.3 is 5.97 Å². The zero-order valence-electron chi connectivity index (χ0n) is 18.3. The molecule has 2 aliphatic rings. The van der Waals surface area contributed by atoms with E-state index in [1.54, 1.807) is 0 Å². The van der Waals surface area contributed by atoms with Crippen LogP contribution in [0.3, 0.4) is 0 Å². The van der Waals surface area contributed by atoms with E-state index in [1.807, 2.05) is 0 Å². The number of hydrogen-bond acceptors (Lipinski definition) is 3. The van der Waals surface area contributed by atoms with E-state index >= 15 is 0 Å². The van der Waals surface area contributed by atoms with Crippen LogP contribution in [0, 0.1) is 47.3 Å². The van der Waals surface area contributed by atoms with Gasteiger partial charge in [0.05, 0.1) is 0 Å². The highest BCUT2D eigenvalue weighted by Gasteiger charge is 2.56. The van der Waals surface area contributed by atoms with Crippen LogP contribution in [0.1, 0.15) is 80.1 Å². The van der Waals surface area contributed by atoms with E-state index in [0.717, 1.165) is 12.8 Å². The lowest BCUT2D eigenvalue weighted by atomic mass is 9.55. The van der Waals surface area contributed by atoms with Crippen molar-refractivity contribution < 1.29 is 9.90 Å². The largest absolute Gasteiger partial charge is 0.480 e. The third kappa shape index (κ3) is 4.69. The highest BCUT2D eigenvalue weighted by molar-refractivity contribution is 7.82. The minimum atomic E-state index is -0.908. The highest BCUT2D eigenvalue weighted by atomic mass is 32.1. The summed E-state index contributed by atoms with van der Waals surface area (Å²) in [6, 6.07) is -0.908. The fraction of sp³-hybridized carbons (Fsp3) is 0.957. The molecular weight excluding hydrogens is 354 g/mol. The minimum Gasteiger partial charge on any atom is -0.480 e. The monoisotopic (exact) mass is 397 g/mol. The van der Waals surface area contributed by atoms with Crippen molar-refractivity contribution in [3.05, 3.63) is 0 Å². The van der Waals surface area contributed by atoms with Gasteiger partial charge in [-0.15, -0.1) is 0 Å². The Morgan fingerprint density at radius 1 is 0.926 bits per heavy atom. The van der Waals surface area contributed by atoms with Crippen LogP contribution in [0.4, 0.5) is 0 Å². The van der Waals surface area contributed by atoms with Gasteiger partial charge in [-0.05, 0) is 73.0 Å². The van der Waals surface area contributed by atoms with Gasteiger partial charge < -0.3 is 10.8 Å². The van der Waals surface area contributed by atoms with E-state index in [1.165, 1.54) is 25.7 Å². The molecule has 2 fully saturated rings. The maximum absolute atomic E-state index is 12.2. The van der Waals surface area contributed by atoms with Crippen molar-refractivity contribution >= 4 is 18.6 Å². The van der Waals surface area contributed by atoms with Crippen molar-refractivity contribution in [3.63, 3.8) is 0 Å². The van der Waals surface area contributed by atoms with Gasteiger partial charge in [0, 0.05) is 4.75 Å². The lowest BCUT2D eigenvalue weighted by molar-refractivity contribution is -0.141. The molecule has 2 rings (SSSR count). The Kier molecular flexibility index (Phi) is 7.75. The van der Waals surface area contributed by atoms with E-state index in [4.69, 9.17) is 18.4 Å². The Hall–Kier alpha value is -0.220. The number of carboxylic acid groups (broad SMARTS) is 1. The molecule has 27 heavy (non-hydrogen) atoms. The topological polar surface area (TPSA) is 63.3 Å². The van der Waals surface area contributed by atoms with Crippen LogP contribution in [0.15, 0.2) is 0 Å². The smallest absolute Gasteiger partial charge is 0.321 e. The first-order valence-electron chi connectivity index (χ1n) is 11.2. The Morgan fingerprint density at radius 3 is 1.59 bits per heavy atom. The summed E-state index contributed by atoms with van der Waals surface area (Å²) < 4.78 is -0.640. The van der Waals surface area contributed by atoms with Gasteiger partial charge in [0.25, 0.3) is 0 Å². The molecule has 3 N–H and O–H groups in total. The lowest BCUT2D eigenvalue weighted by Gasteiger charge is -2.56. The summed E-state index contributed by atoms with van der Waals surface area (Å²) in [5, 5.41) is 9.99. The molecule has 7 atom stereocenters. The van der Waals surface area contributed by atoms with Crippen molar-refractivity contribution in [2.45, 2.75) is 90.9 Å². The molecule has 0 amide bonds. The highest BCUT2D eigenvalue weighted by Crippen LogP contribution is 2.56. The van der Waals surface area contributed by atoms with Crippen molar-refractivity contribution in [1.29, 1.82) is 0 Å². The Balaban J connectivity index is 2.54. The summed E-state index contributed by atoms with van der Waals surface area (Å²) in [5.41, 5.74) is 6.50. The first kappa shape index (κ1) is 23.1. The second kappa shape index (κ2) is 9.07. The summed E-state index contributed by atoms with van der Waals surface area (Å²) >= 11 is 5.32. The minimum absolute atomic E-state index is 0.271. The molecule has 158 valence electrons. The third-order valence-corrected chi connectivity index (χ3v) is 8.94. The summed E-state index contributed by atoms with van der Waals surface area (Å²) in [7, 11) is 0. The van der Waals surface area contributed by atoms with Crippen molar-refractivity contribution in [1.82, 2.24) is 0 Å². The molecule has 0 heterocycles. The van der Waals surface area contributed by atoms with Crippen LogP contribution in [0.25, 0.3) is 0 Å². The normalized spacial score (nSPS) is 38.6. The van der Waals surface area contributed by atoms with Gasteiger partial charge in [0.15, 0.2) is 0 Å². The number of rotatable bonds is 6. The predicted molar refractivity (Wildman–Crippen MR) is 117 cm³/mol. The number of carbonyl (C=O) groups is 1. The molecule has 0 aliphatic heterocycles. The van der Waals surface area contributed by atoms with E-state index in [0.29, 0.717) is 35.5 Å². The van der Waals surface area contributed by atoms with Crippen LogP contribution in [-0.2, 0) is 4.79 Å². The molecule has 0 radical (unpaired) electrons. The number of aliphatic carboxylic acids is 1. The molecule has 4 heteroatoms. The SMILES string of the molecule is CC1CCC(C(C)C)C(C(S)(C(N)C(=O)O)C2CC(C)CCC2C(C)C)C1. The van der Waals surface area contributed by atoms with Crippen LogP contribution in [0.2, 0.25) is 0 Å². The average Bonchev–Trinajstić information content (AvgIpc) is 2.59. The third-order valence-electron chi connectivity index (χ3n) is 8.00. The quantitative estimate of drug-likeness (QED) is 0.520. The van der Waals surface area contributed by atoms with Crippen LogP contribution in [-0.4, -0.2) is 21.9 Å². The van der Waals surface area contributed by atoms with Gasteiger partial charge in [0.2, 0.25) is 0 Å². The fourth-order valence-corrected chi connectivity index (χ4v) is 7.11. The molecule has 2 aliphatic carbocycles. The molecule has 7 unspecified atom stereocenters. The Morgan fingerprint density at radius 2 is 1.30 bits per heavy atom. The van der Waals surface area contributed by atoms with Gasteiger partial charge in [-0.3, -0.25) is 4.79 Å². The zero-order valence-corrected chi connectivity index (χ0v) is 19.2. The van der Waals surface area contributed by atoms with E-state index in [9.17, 15) is 9.90 Å². The molecule has 2 saturated carbocycles. The van der Waals surface area contributed by atoms with Crippen LogP contribution < -0.4 is 5.73 Å². The van der Waals surface area contributed by atoms with E-state index in [-0.39, 0.29) is 11.8 Å². The average molecular weight is 398 g/mol. The van der Waals surface area contributed by atoms with Gasteiger partial charge in [0.1, 0.15) is 6.04 Å². The summed E-state index contributed by atoms with van der Waals surface area (Å²) in [5.74, 6) is 2.99. The predicted octanol–water partition coefficient (Wildman–Crippen LogP) is 5.48. The molecule has 0 aromatic rings. The number of thiol groups is 1. The molecule has 0 aromatic carbocycles. The molecule has 0 saturated heterocycles. The van der Waals surface area contributed by atoms with E-state index < -0.39 is 16.8 Å². The Bertz CT molecular complexity index is 475. The van der Waals surface area contributed by atoms with E-state index in [2.05, 4.69) is 41.5 Å². The number of nitrogens with two attached hydrogens (primary N) is 1. The number of carboxylic acids is 1. The van der Waals surface area contributed by atoms with Crippen molar-refractivity contribution in [3.8, 4) is 0 Å². The second-order valence-electron chi connectivity index (χ2n) is 10.6. The van der Waals surface area contributed by atoms with Crippen LogP contribution in [0.5, 0.6) is 0 Å². The maximum Gasteiger partial charge on any atom is 0.321 e. The molecule has 0 aromatic heterocycles. The number of hydrogen-bond donors (Lipinski definition) is 3. The summed E-state index contributed by atoms with van der Waals surface area (Å²) in [6.07, 6.45) is 6.94. The maximum atomic E-state index is 12.2. The first-order chi connectivity index (χ1) is 12.5. The lowest BCUT2D eigenvalue weighted by Crippen LogP contribution is -2.63. The standard InChI is InChI=1S/C23H43NO2S/c1-13(2)17-9-7-15(5)11-19(17)23(27,21(24)22(25)26)20-12-16(6)8-10-18(20)14(3)4/h13-21,27H,7-12,24H2,1-6H3,(H,25,26). The fourth-order valence-electron chi connectivity index (χ4n) is 6.40. The van der Waals surface area contributed by atoms with Crippen molar-refractivity contribution in [2.24, 2.45) is 53.1 Å². The zero-order chi connectivity index (χ0) is 20.5. The van der Waals surface area contributed by atoms with Gasteiger partial charge in [-0.2, -0.15) is 12.6 Å². The van der Waals surface area contributed by atoms with Crippen LogP contribution >= 0.6 is 12.6 Å². The molecule has 0 spiro atoms. The molecule has 0 bridgehead atoms. The Labute approximate surface area is 172 Å². The van der Waals surface area contributed by atoms with Gasteiger partial charge in [-0.1, -0.05) is 54.4 Å². The first-order valence-corrected chi connectivity index (χ1v) is 11.7. The second-order valence-corrected chi connectivity index (χ2v) is 11.3. The van der Waals surface area contributed by atoms with Gasteiger partial charge in [-0.25, -0.2) is 0 Å². The summed E-state index contributed by atoms with van der Waals surface area (Å²) in [4.78, 5) is 12.2. The van der Waals surface area contributed by atoms with Crippen molar-refractivity contribution in [2.75, 3.05) is 0 Å². The molecular formula is C23H43NO2S.